The Morgan fingerprint density at radius 2 is 1.69 bits per heavy atom. The monoisotopic (exact) mass is 464 g/mol. The summed E-state index contributed by atoms with van der Waals surface area (Å²) in [4.78, 5) is 24.2. The van der Waals surface area contributed by atoms with Crippen LogP contribution in [0, 0.1) is 5.82 Å². The van der Waals surface area contributed by atoms with E-state index >= 15 is 4.39 Å². The average molecular weight is 465 g/mol. The third-order valence-electron chi connectivity index (χ3n) is 4.64. The Morgan fingerprint density at radius 1 is 1.03 bits per heavy atom. The predicted octanol–water partition coefficient (Wildman–Crippen LogP) is 4.40. The first-order valence-electron chi connectivity index (χ1n) is 9.99. The molecule has 32 heavy (non-hydrogen) atoms. The van der Waals surface area contributed by atoms with Crippen LogP contribution in [0.2, 0.25) is 0 Å². The van der Waals surface area contributed by atoms with E-state index in [0.29, 0.717) is 0 Å². The number of carbonyl (C=O) groups is 2. The molecule has 0 bridgehead atoms. The van der Waals surface area contributed by atoms with Crippen molar-refractivity contribution in [3.63, 3.8) is 0 Å². The van der Waals surface area contributed by atoms with E-state index in [1.165, 1.54) is 25.3 Å². The number of halogens is 1. The van der Waals surface area contributed by atoms with Crippen molar-refractivity contribution in [3.05, 3.63) is 65.5 Å². The number of hydrogen-bond acceptors (Lipinski definition) is 5. The first-order chi connectivity index (χ1) is 15.0. The number of amides is 1. The molecule has 0 heterocycles. The summed E-state index contributed by atoms with van der Waals surface area (Å²) in [5.41, 5.74) is -0.640. The number of hydrogen-bond donors (Lipinski definition) is 2. The van der Waals surface area contributed by atoms with Crippen molar-refractivity contribution in [1.82, 2.24) is 4.72 Å². The van der Waals surface area contributed by atoms with Crippen molar-refractivity contribution in [1.29, 1.82) is 0 Å². The predicted molar refractivity (Wildman–Crippen MR) is 122 cm³/mol. The number of carbonyl (C=O) groups excluding carboxylic acids is 2. The molecule has 0 aliphatic heterocycles. The lowest BCUT2D eigenvalue weighted by molar-refractivity contribution is -0.142. The lowest BCUT2D eigenvalue weighted by Crippen LogP contribution is -2.48. The molecular formula is C23H29FN2O5S. The van der Waals surface area contributed by atoms with Crippen LogP contribution in [-0.2, 0) is 37.4 Å². The molecule has 0 radical (unpaired) electrons. The minimum Gasteiger partial charge on any atom is -0.469 e. The van der Waals surface area contributed by atoms with E-state index in [0.717, 1.165) is 5.56 Å². The number of benzene rings is 2. The van der Waals surface area contributed by atoms with Gasteiger partial charge in [0.25, 0.3) is 0 Å². The van der Waals surface area contributed by atoms with Gasteiger partial charge in [-0.1, -0.05) is 42.5 Å². The Kier molecular flexibility index (Phi) is 8.51. The van der Waals surface area contributed by atoms with Gasteiger partial charge in [-0.25, -0.2) is 18.1 Å². The van der Waals surface area contributed by atoms with Gasteiger partial charge >= 0.3 is 12.1 Å². The van der Waals surface area contributed by atoms with Gasteiger partial charge in [0.1, 0.15) is 6.61 Å². The largest absolute Gasteiger partial charge is 0.469 e. The van der Waals surface area contributed by atoms with E-state index in [1.807, 2.05) is 18.2 Å². The minimum absolute atomic E-state index is 0.0279. The van der Waals surface area contributed by atoms with E-state index in [-0.39, 0.29) is 24.3 Å². The van der Waals surface area contributed by atoms with Crippen LogP contribution in [0.4, 0.5) is 14.9 Å². The Hall–Kier alpha value is -2.78. The zero-order valence-electron chi connectivity index (χ0n) is 18.9. The summed E-state index contributed by atoms with van der Waals surface area (Å²) in [5, 5.41) is 2.39. The zero-order valence-corrected chi connectivity index (χ0v) is 19.7. The Balaban J connectivity index is 2.27. The Bertz CT molecular complexity index is 978. The summed E-state index contributed by atoms with van der Waals surface area (Å²) in [6.07, 6.45) is -1.10. The maximum atomic E-state index is 15.4. The highest BCUT2D eigenvalue weighted by atomic mass is 32.2. The van der Waals surface area contributed by atoms with Crippen LogP contribution in [0.3, 0.4) is 0 Å². The van der Waals surface area contributed by atoms with Gasteiger partial charge in [0.15, 0.2) is 5.82 Å². The normalized spacial score (nSPS) is 14.2. The van der Waals surface area contributed by atoms with E-state index in [2.05, 4.69) is 10.0 Å². The molecule has 2 aromatic rings. The molecule has 0 aliphatic carbocycles. The molecule has 174 valence electrons. The minimum atomic E-state index is -1.61. The topological polar surface area (TPSA) is 93.7 Å². The molecule has 0 fully saturated rings. The highest BCUT2D eigenvalue weighted by molar-refractivity contribution is 7.84. The third kappa shape index (κ3) is 6.86. The van der Waals surface area contributed by atoms with Gasteiger partial charge in [-0.2, -0.15) is 0 Å². The van der Waals surface area contributed by atoms with Gasteiger partial charge in [-0.15, -0.1) is 0 Å². The Labute approximate surface area is 190 Å². The van der Waals surface area contributed by atoms with Crippen molar-refractivity contribution in [2.45, 2.75) is 51.0 Å². The van der Waals surface area contributed by atoms with E-state index < -0.39 is 39.2 Å². The van der Waals surface area contributed by atoms with Crippen LogP contribution in [0.15, 0.2) is 48.5 Å². The first kappa shape index (κ1) is 25.5. The molecule has 0 saturated heterocycles. The lowest BCUT2D eigenvalue weighted by atomic mass is 9.89. The molecule has 1 amide bonds. The van der Waals surface area contributed by atoms with Gasteiger partial charge in [-0.3, -0.25) is 10.1 Å². The lowest BCUT2D eigenvalue weighted by Gasteiger charge is -2.33. The molecule has 2 aromatic carbocycles. The standard InChI is InChI=1S/C23H29FN2O5S/c1-22(2,3)32(29)26-23(4,14-19(27)30-5)17-12-9-13-18(20(17)24)25-21(28)31-15-16-10-7-6-8-11-16/h6-13,26H,14-15H2,1-5H3,(H,25,28)/t23-,32+/m0/s1. The summed E-state index contributed by atoms with van der Waals surface area (Å²) in [7, 11) is -0.389. The fourth-order valence-corrected chi connectivity index (χ4v) is 3.73. The van der Waals surface area contributed by atoms with Crippen molar-refractivity contribution < 1.29 is 27.7 Å². The molecule has 2 rings (SSSR count). The molecule has 0 unspecified atom stereocenters. The first-order valence-corrected chi connectivity index (χ1v) is 11.1. The molecule has 2 atom stereocenters. The second-order valence-corrected chi connectivity index (χ2v) is 10.4. The molecular weight excluding hydrogens is 435 g/mol. The molecule has 0 saturated carbocycles. The highest BCUT2D eigenvalue weighted by Gasteiger charge is 2.37. The highest BCUT2D eigenvalue weighted by Crippen LogP contribution is 2.32. The van der Waals surface area contributed by atoms with Crippen LogP contribution in [0.1, 0.15) is 45.2 Å². The summed E-state index contributed by atoms with van der Waals surface area (Å²) >= 11 is 0. The molecule has 2 N–H and O–H groups in total. The van der Waals surface area contributed by atoms with Crippen molar-refractivity contribution in [2.75, 3.05) is 12.4 Å². The number of anilines is 1. The van der Waals surface area contributed by atoms with Crippen molar-refractivity contribution in [2.24, 2.45) is 0 Å². The van der Waals surface area contributed by atoms with Gasteiger partial charge in [0.2, 0.25) is 0 Å². The van der Waals surface area contributed by atoms with Gasteiger partial charge in [-0.05, 0) is 39.3 Å². The summed E-state index contributed by atoms with van der Waals surface area (Å²) in [6.45, 7) is 6.85. The number of rotatable bonds is 8. The third-order valence-corrected chi connectivity index (χ3v) is 6.39. The maximum Gasteiger partial charge on any atom is 0.412 e. The number of nitrogens with one attached hydrogen (secondary N) is 2. The molecule has 7 nitrogen and oxygen atoms in total. The maximum absolute atomic E-state index is 15.4. The summed E-state index contributed by atoms with van der Waals surface area (Å²) < 4.78 is 40.3. The van der Waals surface area contributed by atoms with Gasteiger partial charge in [0, 0.05) is 5.56 Å². The molecule has 0 spiro atoms. The number of methoxy groups -OCH3 is 1. The molecule has 0 aliphatic rings. The van der Waals surface area contributed by atoms with Crippen molar-refractivity contribution in [3.8, 4) is 0 Å². The van der Waals surface area contributed by atoms with Crippen LogP contribution in [0.5, 0.6) is 0 Å². The fraction of sp³-hybridized carbons (Fsp3) is 0.391. The average Bonchev–Trinajstić information content (AvgIpc) is 2.73. The second kappa shape index (κ2) is 10.7. The fourth-order valence-electron chi connectivity index (χ4n) is 2.83. The van der Waals surface area contributed by atoms with E-state index in [4.69, 9.17) is 9.47 Å². The smallest absolute Gasteiger partial charge is 0.412 e. The van der Waals surface area contributed by atoms with Crippen LogP contribution >= 0.6 is 0 Å². The van der Waals surface area contributed by atoms with Crippen LogP contribution < -0.4 is 10.0 Å². The zero-order chi connectivity index (χ0) is 23.9. The van der Waals surface area contributed by atoms with E-state index in [9.17, 15) is 13.8 Å². The van der Waals surface area contributed by atoms with Crippen molar-refractivity contribution >= 4 is 28.7 Å². The molecule has 9 heteroatoms. The number of ether oxygens (including phenoxy) is 2. The van der Waals surface area contributed by atoms with Crippen LogP contribution in [-0.4, -0.2) is 28.1 Å². The van der Waals surface area contributed by atoms with Gasteiger partial charge < -0.3 is 9.47 Å². The Morgan fingerprint density at radius 3 is 2.28 bits per heavy atom. The summed E-state index contributed by atoms with van der Waals surface area (Å²) in [6, 6.07) is 13.4. The SMILES string of the molecule is COC(=O)C[C@](C)(N[S@](=O)C(C)(C)C)c1cccc(NC(=O)OCc2ccccc2)c1F. The second-order valence-electron chi connectivity index (χ2n) is 8.42. The van der Waals surface area contributed by atoms with E-state index in [1.54, 1.807) is 39.8 Å². The quantitative estimate of drug-likeness (QED) is 0.565. The van der Waals surface area contributed by atoms with Gasteiger partial charge in [0.05, 0.1) is 40.5 Å². The number of esters is 1. The summed E-state index contributed by atoms with van der Waals surface area (Å²) in [5.74, 6) is -1.38. The van der Waals surface area contributed by atoms with Crippen LogP contribution in [0.25, 0.3) is 0 Å². The molecule has 0 aromatic heterocycles.